The lowest BCUT2D eigenvalue weighted by Gasteiger charge is -2.68. The highest BCUT2D eigenvalue weighted by atomic mass is 16.5. The van der Waals surface area contributed by atoms with E-state index in [1.54, 1.807) is 0 Å². The van der Waals surface area contributed by atoms with Crippen LogP contribution in [0.5, 0.6) is 0 Å². The number of rotatable bonds is 11. The van der Waals surface area contributed by atoms with Gasteiger partial charge in [0.05, 0.1) is 0 Å². The van der Waals surface area contributed by atoms with Crippen molar-refractivity contribution >= 4 is 11.9 Å². The number of hydrogen-bond donors (Lipinski definition) is 2. The van der Waals surface area contributed by atoms with Crippen molar-refractivity contribution < 1.29 is 19.1 Å². The molecule has 6 heteroatoms. The van der Waals surface area contributed by atoms with Crippen LogP contribution in [-0.4, -0.2) is 46.3 Å². The number of ether oxygens (including phenoxy) is 2. The van der Waals surface area contributed by atoms with E-state index < -0.39 is 0 Å². The lowest BCUT2D eigenvalue weighted by Crippen LogP contribution is -2.79. The second kappa shape index (κ2) is 17.2. The number of esters is 2. The van der Waals surface area contributed by atoms with E-state index in [1.165, 1.54) is 0 Å². The van der Waals surface area contributed by atoms with Crippen LogP contribution in [-0.2, 0) is 19.1 Å². The molecule has 0 atom stereocenters. The van der Waals surface area contributed by atoms with Crippen molar-refractivity contribution in [1.82, 2.24) is 10.6 Å². The lowest BCUT2D eigenvalue weighted by atomic mass is 9.48. The van der Waals surface area contributed by atoms with E-state index in [-0.39, 0.29) is 89.6 Å². The zero-order valence-electron chi connectivity index (χ0n) is 43.3. The predicted octanol–water partition coefficient (Wildman–Crippen LogP) is 14.0. The van der Waals surface area contributed by atoms with Gasteiger partial charge in [0.25, 0.3) is 0 Å². The molecule has 0 aromatic carbocycles. The first-order chi connectivity index (χ1) is 25.6. The van der Waals surface area contributed by atoms with Gasteiger partial charge < -0.3 is 20.1 Å². The minimum absolute atomic E-state index is 0.0585. The SMILES string of the molecule is CC(C)(C)C1(C(C)(C)C)CC(OC(=O)CCCCCCCCC(=O)OC2CC(C(C)(C)C)(C(C)(C)C)NC(C(C)(C)C)(C(C)(C)C)C2)CC(C(C)(C)C)(C(C)(C)C)N1. The van der Waals surface area contributed by atoms with E-state index in [1.807, 2.05) is 0 Å². The summed E-state index contributed by atoms with van der Waals surface area (Å²) in [5.74, 6) is -0.130. The van der Waals surface area contributed by atoms with Crippen molar-refractivity contribution in [3.8, 4) is 0 Å². The fourth-order valence-electron chi connectivity index (χ4n) is 12.8. The third-order valence-electron chi connectivity index (χ3n) is 15.8. The number of piperidine rings is 2. The van der Waals surface area contributed by atoms with E-state index in [0.717, 1.165) is 64.2 Å². The van der Waals surface area contributed by atoms with Crippen molar-refractivity contribution in [2.75, 3.05) is 0 Å². The largest absolute Gasteiger partial charge is 0.462 e. The fourth-order valence-corrected chi connectivity index (χ4v) is 12.8. The highest BCUT2D eigenvalue weighted by Gasteiger charge is 2.66. The van der Waals surface area contributed by atoms with Crippen molar-refractivity contribution in [2.45, 2.75) is 278 Å². The van der Waals surface area contributed by atoms with Crippen LogP contribution in [0.15, 0.2) is 0 Å². The van der Waals surface area contributed by atoms with Gasteiger partial charge in [-0.15, -0.1) is 0 Å². The summed E-state index contributed by atoms with van der Waals surface area (Å²) in [5.41, 5.74) is -1.43. The number of carbonyl (C=O) groups is 2. The van der Waals surface area contributed by atoms with Gasteiger partial charge in [0, 0.05) is 60.7 Å². The van der Waals surface area contributed by atoms with E-state index >= 15 is 0 Å². The number of carbonyl (C=O) groups excluding carboxylic acids is 2. The van der Waals surface area contributed by atoms with Gasteiger partial charge in [0.1, 0.15) is 12.2 Å². The summed E-state index contributed by atoms with van der Waals surface area (Å²) in [6, 6.07) is 0. The molecule has 6 nitrogen and oxygen atoms in total. The van der Waals surface area contributed by atoms with Gasteiger partial charge in [-0.25, -0.2) is 0 Å². The summed E-state index contributed by atoms with van der Waals surface area (Å²) < 4.78 is 13.0. The van der Waals surface area contributed by atoms with Crippen molar-refractivity contribution in [3.05, 3.63) is 0 Å². The Hall–Kier alpha value is -1.14. The Bertz CT molecular complexity index is 1130. The summed E-state index contributed by atoms with van der Waals surface area (Å²) in [6.07, 6.45) is 9.61. The first-order valence-corrected chi connectivity index (χ1v) is 23.5. The Morgan fingerprint density at radius 1 is 0.362 bits per heavy atom. The van der Waals surface area contributed by atoms with E-state index in [9.17, 15) is 9.59 Å². The lowest BCUT2D eigenvalue weighted by molar-refractivity contribution is -0.177. The Morgan fingerprint density at radius 2 is 0.534 bits per heavy atom. The first-order valence-electron chi connectivity index (χ1n) is 23.5. The first kappa shape index (κ1) is 53.0. The molecule has 2 rings (SSSR count). The van der Waals surface area contributed by atoms with Crippen LogP contribution >= 0.6 is 0 Å². The maximum atomic E-state index is 13.5. The number of nitrogens with one attached hydrogen (secondary N) is 2. The topological polar surface area (TPSA) is 76.7 Å². The summed E-state index contributed by atoms with van der Waals surface area (Å²) in [7, 11) is 0. The standard InChI is InChI=1S/C52H100N2O4/c1-41(2,3)49(42(4,5)6)33-37(34-50(53-49,43(7,8)9)44(10,11)12)57-39(55)31-29-27-25-26-28-30-32-40(56)58-38-35-51(45(13,14)15,46(16,17)18)54-52(36-38,47(19,20)21)48(22,23)24/h37-38,53-54H,25-36H2,1-24H3. The molecule has 0 spiro atoms. The van der Waals surface area contributed by atoms with Crippen LogP contribution in [0.1, 0.15) is 243 Å². The predicted molar refractivity (Wildman–Crippen MR) is 248 cm³/mol. The van der Waals surface area contributed by atoms with E-state index in [2.05, 4.69) is 177 Å². The third kappa shape index (κ3) is 10.7. The smallest absolute Gasteiger partial charge is 0.306 e. The van der Waals surface area contributed by atoms with Gasteiger partial charge in [-0.2, -0.15) is 0 Å². The van der Waals surface area contributed by atoms with Gasteiger partial charge >= 0.3 is 11.9 Å². The van der Waals surface area contributed by atoms with Gasteiger partial charge in [-0.3, -0.25) is 9.59 Å². The molecule has 58 heavy (non-hydrogen) atoms. The third-order valence-corrected chi connectivity index (χ3v) is 15.8. The molecule has 0 aromatic rings. The molecule has 2 aliphatic heterocycles. The normalized spacial score (nSPS) is 21.4. The maximum Gasteiger partial charge on any atom is 0.306 e. The molecule has 0 bridgehead atoms. The van der Waals surface area contributed by atoms with Crippen molar-refractivity contribution in [3.63, 3.8) is 0 Å². The maximum absolute atomic E-state index is 13.5. The molecule has 0 saturated carbocycles. The molecule has 0 radical (unpaired) electrons. The van der Waals surface area contributed by atoms with Crippen LogP contribution in [0, 0.1) is 43.3 Å². The second-order valence-corrected chi connectivity index (χ2v) is 27.5. The molecular formula is C52H100N2O4. The molecule has 2 saturated heterocycles. The molecule has 342 valence electrons. The molecule has 0 aromatic heterocycles. The van der Waals surface area contributed by atoms with Crippen LogP contribution < -0.4 is 10.6 Å². The highest BCUT2D eigenvalue weighted by Crippen LogP contribution is 2.60. The van der Waals surface area contributed by atoms with Gasteiger partial charge in [-0.05, 0) is 56.2 Å². The Morgan fingerprint density at radius 3 is 0.707 bits per heavy atom. The minimum atomic E-state index is -0.239. The average Bonchev–Trinajstić information content (AvgIpc) is 2.97. The molecule has 0 unspecified atom stereocenters. The van der Waals surface area contributed by atoms with Gasteiger partial charge in [0.2, 0.25) is 0 Å². The Balaban J connectivity index is 2.02. The summed E-state index contributed by atoms with van der Waals surface area (Å²) in [6.45, 7) is 56.3. The molecule has 2 N–H and O–H groups in total. The summed E-state index contributed by atoms with van der Waals surface area (Å²) in [4.78, 5) is 27.0. The molecule has 0 amide bonds. The zero-order chi connectivity index (χ0) is 45.6. The Kier molecular flexibility index (Phi) is 15.7. The number of hydrogen-bond acceptors (Lipinski definition) is 6. The van der Waals surface area contributed by atoms with Gasteiger partial charge in [0.15, 0.2) is 0 Å². The molecular weight excluding hydrogens is 717 g/mol. The summed E-state index contributed by atoms with van der Waals surface area (Å²) >= 11 is 0. The second-order valence-electron chi connectivity index (χ2n) is 27.5. The van der Waals surface area contributed by atoms with E-state index in [4.69, 9.17) is 9.47 Å². The van der Waals surface area contributed by atoms with Crippen LogP contribution in [0.2, 0.25) is 0 Å². The zero-order valence-corrected chi connectivity index (χ0v) is 43.3. The van der Waals surface area contributed by atoms with Crippen molar-refractivity contribution in [1.29, 1.82) is 0 Å². The molecule has 2 fully saturated rings. The minimum Gasteiger partial charge on any atom is -0.462 e. The van der Waals surface area contributed by atoms with E-state index in [0.29, 0.717) is 12.8 Å². The average molecular weight is 817 g/mol. The molecule has 0 aliphatic carbocycles. The monoisotopic (exact) mass is 817 g/mol. The van der Waals surface area contributed by atoms with Crippen LogP contribution in [0.3, 0.4) is 0 Å². The fraction of sp³-hybridized carbons (Fsp3) is 0.962. The summed E-state index contributed by atoms with van der Waals surface area (Å²) in [5, 5.41) is 8.70. The molecule has 2 aliphatic rings. The number of unbranched alkanes of at least 4 members (excludes halogenated alkanes) is 5. The highest BCUT2D eigenvalue weighted by molar-refractivity contribution is 5.70. The van der Waals surface area contributed by atoms with Crippen LogP contribution in [0.25, 0.3) is 0 Å². The van der Waals surface area contributed by atoms with Crippen molar-refractivity contribution in [2.24, 2.45) is 43.3 Å². The molecule has 2 heterocycles. The quantitative estimate of drug-likeness (QED) is 0.160. The Labute approximate surface area is 361 Å². The van der Waals surface area contributed by atoms with Crippen LogP contribution in [0.4, 0.5) is 0 Å². The van der Waals surface area contributed by atoms with Gasteiger partial charge in [-0.1, -0.05) is 192 Å².